The highest BCUT2D eigenvalue weighted by Gasteiger charge is 2.16. The first-order valence-electron chi connectivity index (χ1n) is 6.38. The quantitative estimate of drug-likeness (QED) is 0.621. The molecule has 0 saturated carbocycles. The Balaban J connectivity index is 2.17. The summed E-state index contributed by atoms with van der Waals surface area (Å²) in [5.41, 5.74) is 0.637. The number of hydrogen-bond donors (Lipinski definition) is 0. The molecule has 0 amide bonds. The molecule has 0 fully saturated rings. The summed E-state index contributed by atoms with van der Waals surface area (Å²) in [6, 6.07) is 16.2. The molecule has 2 heteroatoms. The van der Waals surface area contributed by atoms with Gasteiger partial charge in [0.2, 0.25) is 0 Å². The molecule has 0 heterocycles. The largest absolute Gasteiger partial charge is 0.475 e. The zero-order valence-electron chi connectivity index (χ0n) is 11.6. The van der Waals surface area contributed by atoms with Crippen molar-refractivity contribution in [3.05, 3.63) is 65.7 Å². The van der Waals surface area contributed by atoms with Crippen molar-refractivity contribution in [2.45, 2.75) is 19.4 Å². The fourth-order valence-corrected chi connectivity index (χ4v) is 1.75. The lowest BCUT2D eigenvalue weighted by atomic mass is 10.0. The Labute approximate surface area is 119 Å². The fourth-order valence-electron chi connectivity index (χ4n) is 1.75. The van der Waals surface area contributed by atoms with E-state index in [-0.39, 0.29) is 5.78 Å². The van der Waals surface area contributed by atoms with Crippen molar-refractivity contribution in [3.63, 3.8) is 0 Å². The molecular weight excluding hydrogens is 248 g/mol. The molecule has 0 N–H and O–H groups in total. The van der Waals surface area contributed by atoms with E-state index in [1.165, 1.54) is 0 Å². The first-order chi connectivity index (χ1) is 9.52. The standard InChI is InChI=1S/C18H16O2/c1-4-18(2,3)20-16-12-10-15(11-13-16)17(19)14-8-6-5-7-9-14/h1,5-13H,2-3H3. The number of carbonyl (C=O) groups excluding carboxylic acids is 1. The van der Waals surface area contributed by atoms with Gasteiger partial charge in [-0.05, 0) is 38.1 Å². The highest BCUT2D eigenvalue weighted by atomic mass is 16.5. The Morgan fingerprint density at radius 1 is 1.00 bits per heavy atom. The van der Waals surface area contributed by atoms with Gasteiger partial charge in [-0.2, -0.15) is 0 Å². The maximum Gasteiger partial charge on any atom is 0.193 e. The van der Waals surface area contributed by atoms with Gasteiger partial charge < -0.3 is 4.74 Å². The van der Waals surface area contributed by atoms with Crippen molar-refractivity contribution in [1.82, 2.24) is 0 Å². The molecule has 0 bridgehead atoms. The van der Waals surface area contributed by atoms with Crippen LogP contribution in [0.2, 0.25) is 0 Å². The summed E-state index contributed by atoms with van der Waals surface area (Å²) in [5, 5.41) is 0. The van der Waals surface area contributed by atoms with Gasteiger partial charge in [0.05, 0.1) is 0 Å². The van der Waals surface area contributed by atoms with Crippen LogP contribution >= 0.6 is 0 Å². The van der Waals surface area contributed by atoms with E-state index in [0.717, 1.165) is 0 Å². The lowest BCUT2D eigenvalue weighted by Gasteiger charge is -2.20. The van der Waals surface area contributed by atoms with E-state index in [1.807, 2.05) is 32.0 Å². The van der Waals surface area contributed by atoms with Gasteiger partial charge in [0, 0.05) is 11.1 Å². The molecule has 2 aromatic carbocycles. The maximum absolute atomic E-state index is 12.2. The number of carbonyl (C=O) groups is 1. The Morgan fingerprint density at radius 3 is 2.10 bits per heavy atom. The number of terminal acetylenes is 1. The summed E-state index contributed by atoms with van der Waals surface area (Å²) in [7, 11) is 0. The number of ether oxygens (including phenoxy) is 1. The third-order valence-electron chi connectivity index (χ3n) is 2.87. The molecule has 0 aromatic heterocycles. The van der Waals surface area contributed by atoms with Crippen LogP contribution in [0.1, 0.15) is 29.8 Å². The van der Waals surface area contributed by atoms with E-state index >= 15 is 0 Å². The second-order valence-electron chi connectivity index (χ2n) is 4.98. The Bertz CT molecular complexity index is 631. The Hall–Kier alpha value is -2.53. The molecular formula is C18H16O2. The van der Waals surface area contributed by atoms with Crippen LogP contribution in [-0.2, 0) is 0 Å². The van der Waals surface area contributed by atoms with Crippen molar-refractivity contribution < 1.29 is 9.53 Å². The molecule has 0 atom stereocenters. The normalized spacial score (nSPS) is 10.7. The number of benzene rings is 2. The van der Waals surface area contributed by atoms with Crippen molar-refractivity contribution in [2.24, 2.45) is 0 Å². The van der Waals surface area contributed by atoms with Crippen molar-refractivity contribution in [1.29, 1.82) is 0 Å². The predicted octanol–water partition coefficient (Wildman–Crippen LogP) is 3.71. The van der Waals surface area contributed by atoms with Gasteiger partial charge in [0.25, 0.3) is 0 Å². The smallest absolute Gasteiger partial charge is 0.193 e. The van der Waals surface area contributed by atoms with Crippen LogP contribution in [0.5, 0.6) is 5.75 Å². The lowest BCUT2D eigenvalue weighted by Crippen LogP contribution is -2.25. The molecule has 0 radical (unpaired) electrons. The van der Waals surface area contributed by atoms with Crippen LogP contribution in [0.15, 0.2) is 54.6 Å². The molecule has 0 aliphatic heterocycles. The highest BCUT2D eigenvalue weighted by molar-refractivity contribution is 6.08. The summed E-state index contributed by atoms with van der Waals surface area (Å²) >= 11 is 0. The van der Waals surface area contributed by atoms with Gasteiger partial charge in [-0.1, -0.05) is 36.3 Å². The van der Waals surface area contributed by atoms with Crippen molar-refractivity contribution in [3.8, 4) is 18.1 Å². The highest BCUT2D eigenvalue weighted by Crippen LogP contribution is 2.19. The molecule has 2 rings (SSSR count). The molecule has 100 valence electrons. The molecule has 0 saturated heterocycles. The molecule has 0 spiro atoms. The monoisotopic (exact) mass is 264 g/mol. The average molecular weight is 264 g/mol. The topological polar surface area (TPSA) is 26.3 Å². The van der Waals surface area contributed by atoms with E-state index in [9.17, 15) is 4.79 Å². The van der Waals surface area contributed by atoms with Gasteiger partial charge >= 0.3 is 0 Å². The number of rotatable bonds is 4. The van der Waals surface area contributed by atoms with Gasteiger partial charge in [0.15, 0.2) is 11.4 Å². The number of ketones is 1. The lowest BCUT2D eigenvalue weighted by molar-refractivity contribution is 0.103. The van der Waals surface area contributed by atoms with Gasteiger partial charge in [0.1, 0.15) is 5.75 Å². The first-order valence-corrected chi connectivity index (χ1v) is 6.38. The Kier molecular flexibility index (Phi) is 3.91. The fraction of sp³-hybridized carbons (Fsp3) is 0.167. The minimum absolute atomic E-state index is 0.00615. The van der Waals surface area contributed by atoms with Crippen LogP contribution in [0.25, 0.3) is 0 Å². The van der Waals surface area contributed by atoms with Gasteiger partial charge in [-0.15, -0.1) is 6.42 Å². The van der Waals surface area contributed by atoms with E-state index in [4.69, 9.17) is 11.2 Å². The SMILES string of the molecule is C#CC(C)(C)Oc1ccc(C(=O)c2ccccc2)cc1. The van der Waals surface area contributed by atoms with Crippen LogP contribution in [-0.4, -0.2) is 11.4 Å². The van der Waals surface area contributed by atoms with Crippen molar-refractivity contribution in [2.75, 3.05) is 0 Å². The van der Waals surface area contributed by atoms with Crippen molar-refractivity contribution >= 4 is 5.78 Å². The summed E-state index contributed by atoms with van der Waals surface area (Å²) in [6.45, 7) is 3.63. The average Bonchev–Trinajstić information content (AvgIpc) is 2.48. The minimum atomic E-state index is -0.662. The molecule has 20 heavy (non-hydrogen) atoms. The second-order valence-corrected chi connectivity index (χ2v) is 4.98. The van der Waals surface area contributed by atoms with E-state index < -0.39 is 5.60 Å². The second kappa shape index (κ2) is 5.63. The summed E-state index contributed by atoms with van der Waals surface area (Å²) < 4.78 is 5.64. The molecule has 2 aromatic rings. The summed E-state index contributed by atoms with van der Waals surface area (Å²) in [4.78, 5) is 12.2. The molecule has 0 unspecified atom stereocenters. The maximum atomic E-state index is 12.2. The zero-order valence-corrected chi connectivity index (χ0v) is 11.6. The van der Waals surface area contributed by atoms with Crippen LogP contribution in [0.3, 0.4) is 0 Å². The molecule has 0 aliphatic carbocycles. The van der Waals surface area contributed by atoms with Gasteiger partial charge in [-0.3, -0.25) is 4.79 Å². The van der Waals surface area contributed by atoms with Crippen LogP contribution < -0.4 is 4.74 Å². The first kappa shape index (κ1) is 13.9. The predicted molar refractivity (Wildman–Crippen MR) is 79.9 cm³/mol. The van der Waals surface area contributed by atoms with E-state index in [2.05, 4.69) is 5.92 Å². The van der Waals surface area contributed by atoms with Gasteiger partial charge in [-0.25, -0.2) is 0 Å². The minimum Gasteiger partial charge on any atom is -0.475 e. The van der Waals surface area contributed by atoms with E-state index in [1.54, 1.807) is 36.4 Å². The molecule has 0 aliphatic rings. The molecule has 2 nitrogen and oxygen atoms in total. The van der Waals surface area contributed by atoms with E-state index in [0.29, 0.717) is 16.9 Å². The van der Waals surface area contributed by atoms with Crippen LogP contribution in [0, 0.1) is 12.3 Å². The van der Waals surface area contributed by atoms with Crippen LogP contribution in [0.4, 0.5) is 0 Å². The third kappa shape index (κ3) is 3.27. The third-order valence-corrected chi connectivity index (χ3v) is 2.87. The Morgan fingerprint density at radius 2 is 1.55 bits per heavy atom. The zero-order chi connectivity index (χ0) is 14.6. The number of hydrogen-bond acceptors (Lipinski definition) is 2. The summed E-state index contributed by atoms with van der Waals surface area (Å²) in [6.07, 6.45) is 5.38. The summed E-state index contributed by atoms with van der Waals surface area (Å²) in [5.74, 6) is 3.21.